The van der Waals surface area contributed by atoms with Gasteiger partial charge in [0.25, 0.3) is 0 Å². The van der Waals surface area contributed by atoms with Crippen molar-refractivity contribution < 1.29 is 14.3 Å². The lowest BCUT2D eigenvalue weighted by molar-refractivity contribution is -0.139. The molecule has 0 saturated heterocycles. The summed E-state index contributed by atoms with van der Waals surface area (Å²) in [5.74, 6) is 0.218. The largest absolute Gasteiger partial charge is 0.492 e. The van der Waals surface area contributed by atoms with Gasteiger partial charge in [-0.2, -0.15) is 0 Å². The Bertz CT molecular complexity index is 661. The molecule has 7 heteroatoms. The Kier molecular flexibility index (Phi) is 5.85. The Morgan fingerprint density at radius 1 is 1.35 bits per heavy atom. The third-order valence-electron chi connectivity index (χ3n) is 3.35. The van der Waals surface area contributed by atoms with Crippen molar-refractivity contribution in [3.05, 3.63) is 40.1 Å². The number of esters is 1. The number of allylic oxidation sites excluding steroid dienone is 1. The van der Waals surface area contributed by atoms with E-state index in [4.69, 9.17) is 33.3 Å². The lowest BCUT2D eigenvalue weighted by Gasteiger charge is -2.30. The lowest BCUT2D eigenvalue weighted by atomic mass is 9.95. The summed E-state index contributed by atoms with van der Waals surface area (Å²) in [5.41, 5.74) is 1.97. The van der Waals surface area contributed by atoms with Crippen LogP contribution in [0.15, 0.2) is 29.5 Å². The molecule has 1 aromatic rings. The molecule has 1 aromatic carbocycles. The van der Waals surface area contributed by atoms with Gasteiger partial charge in [-0.05, 0) is 50.7 Å². The van der Waals surface area contributed by atoms with Crippen LogP contribution in [0.5, 0.6) is 5.75 Å². The number of ether oxygens (including phenoxy) is 2. The van der Waals surface area contributed by atoms with E-state index in [0.717, 1.165) is 5.56 Å². The number of carbonyl (C=O) groups excluding carboxylic acids is 1. The number of hydrogen-bond donors (Lipinski definition) is 2. The van der Waals surface area contributed by atoms with Crippen molar-refractivity contribution in [2.45, 2.75) is 26.8 Å². The molecule has 23 heavy (non-hydrogen) atoms. The first-order valence-electron chi connectivity index (χ1n) is 7.35. The molecule has 0 bridgehead atoms. The molecule has 0 amide bonds. The van der Waals surface area contributed by atoms with Crippen LogP contribution in [0.2, 0.25) is 5.02 Å². The fourth-order valence-electron chi connectivity index (χ4n) is 2.39. The van der Waals surface area contributed by atoms with E-state index in [2.05, 4.69) is 10.6 Å². The molecule has 1 aliphatic rings. The molecule has 0 unspecified atom stereocenters. The van der Waals surface area contributed by atoms with Gasteiger partial charge in [0.05, 0.1) is 29.9 Å². The second kappa shape index (κ2) is 7.66. The number of nitrogens with one attached hydrogen (secondary N) is 2. The maximum Gasteiger partial charge on any atom is 0.338 e. The molecular weight excluding hydrogens is 336 g/mol. The van der Waals surface area contributed by atoms with Crippen molar-refractivity contribution in [3.63, 3.8) is 0 Å². The van der Waals surface area contributed by atoms with E-state index in [1.165, 1.54) is 0 Å². The van der Waals surface area contributed by atoms with Crippen LogP contribution in [0.25, 0.3) is 0 Å². The van der Waals surface area contributed by atoms with Crippen LogP contribution in [0, 0.1) is 0 Å². The van der Waals surface area contributed by atoms with Gasteiger partial charge in [0.1, 0.15) is 5.75 Å². The van der Waals surface area contributed by atoms with Crippen LogP contribution in [-0.2, 0) is 9.53 Å². The fourth-order valence-corrected chi connectivity index (χ4v) is 2.91. The van der Waals surface area contributed by atoms with E-state index in [1.807, 2.05) is 13.0 Å². The summed E-state index contributed by atoms with van der Waals surface area (Å²) >= 11 is 11.5. The van der Waals surface area contributed by atoms with Gasteiger partial charge in [-0.25, -0.2) is 4.79 Å². The fraction of sp³-hybridized carbons (Fsp3) is 0.375. The number of carbonyl (C=O) groups is 1. The highest BCUT2D eigenvalue weighted by Gasteiger charge is 2.31. The topological polar surface area (TPSA) is 59.6 Å². The van der Waals surface area contributed by atoms with Crippen LogP contribution in [-0.4, -0.2) is 24.3 Å². The minimum atomic E-state index is -0.420. The monoisotopic (exact) mass is 354 g/mol. The smallest absolute Gasteiger partial charge is 0.338 e. The normalized spacial score (nSPS) is 17.4. The molecule has 1 atom stereocenters. The van der Waals surface area contributed by atoms with Crippen LogP contribution >= 0.6 is 23.8 Å². The predicted octanol–water partition coefficient (Wildman–Crippen LogP) is 3.09. The Morgan fingerprint density at radius 3 is 2.70 bits per heavy atom. The first kappa shape index (κ1) is 17.6. The van der Waals surface area contributed by atoms with E-state index < -0.39 is 6.04 Å². The van der Waals surface area contributed by atoms with Crippen molar-refractivity contribution in [2.24, 2.45) is 0 Å². The van der Waals surface area contributed by atoms with Gasteiger partial charge in [0, 0.05) is 5.70 Å². The summed E-state index contributed by atoms with van der Waals surface area (Å²) < 4.78 is 10.6. The van der Waals surface area contributed by atoms with Crippen molar-refractivity contribution in [3.8, 4) is 5.75 Å². The lowest BCUT2D eigenvalue weighted by Crippen LogP contribution is -2.45. The van der Waals surface area contributed by atoms with Gasteiger partial charge in [-0.15, -0.1) is 0 Å². The summed E-state index contributed by atoms with van der Waals surface area (Å²) in [4.78, 5) is 12.3. The molecule has 0 aliphatic carbocycles. The SMILES string of the molecule is CCOC(=O)C1=C(C)NC(=S)N[C@H]1c1ccc(OCC)c(Cl)c1. The van der Waals surface area contributed by atoms with Crippen molar-refractivity contribution in [1.82, 2.24) is 10.6 Å². The minimum absolute atomic E-state index is 0.302. The average molecular weight is 355 g/mol. The summed E-state index contributed by atoms with van der Waals surface area (Å²) in [6, 6.07) is 4.99. The van der Waals surface area contributed by atoms with Gasteiger partial charge in [-0.1, -0.05) is 17.7 Å². The molecule has 124 valence electrons. The standard InChI is InChI=1S/C16H19ClN2O3S/c1-4-21-12-7-6-10(8-11(12)17)14-13(15(20)22-5-2)9(3)18-16(23)19-14/h6-8,14H,4-5H2,1-3H3,(H2,18,19,23)/t14-/m0/s1. The molecule has 0 saturated carbocycles. The summed E-state index contributed by atoms with van der Waals surface area (Å²) in [6.07, 6.45) is 0. The van der Waals surface area contributed by atoms with Crippen LogP contribution < -0.4 is 15.4 Å². The second-order valence-corrected chi connectivity index (χ2v) is 5.73. The van der Waals surface area contributed by atoms with Gasteiger partial charge in [0.15, 0.2) is 5.11 Å². The number of halogens is 1. The van der Waals surface area contributed by atoms with Gasteiger partial charge in [0.2, 0.25) is 0 Å². The molecule has 5 nitrogen and oxygen atoms in total. The van der Waals surface area contributed by atoms with Crippen molar-refractivity contribution in [2.75, 3.05) is 13.2 Å². The number of rotatable bonds is 5. The highest BCUT2D eigenvalue weighted by atomic mass is 35.5. The molecule has 2 N–H and O–H groups in total. The highest BCUT2D eigenvalue weighted by Crippen LogP contribution is 2.33. The molecule has 0 aromatic heterocycles. The zero-order chi connectivity index (χ0) is 17.0. The van der Waals surface area contributed by atoms with Crippen molar-refractivity contribution in [1.29, 1.82) is 0 Å². The zero-order valence-corrected chi connectivity index (χ0v) is 14.8. The van der Waals surface area contributed by atoms with Crippen LogP contribution in [0.4, 0.5) is 0 Å². The maximum atomic E-state index is 12.3. The molecule has 1 heterocycles. The highest BCUT2D eigenvalue weighted by molar-refractivity contribution is 7.80. The molecule has 0 radical (unpaired) electrons. The van der Waals surface area contributed by atoms with E-state index in [0.29, 0.717) is 40.4 Å². The molecule has 1 aliphatic heterocycles. The van der Waals surface area contributed by atoms with E-state index >= 15 is 0 Å². The minimum Gasteiger partial charge on any atom is -0.492 e. The Labute approximate surface area is 146 Å². The maximum absolute atomic E-state index is 12.3. The molecule has 0 fully saturated rings. The first-order valence-corrected chi connectivity index (χ1v) is 8.14. The Balaban J connectivity index is 2.42. The predicted molar refractivity (Wildman–Crippen MR) is 93.6 cm³/mol. The van der Waals surface area contributed by atoms with E-state index in [1.54, 1.807) is 26.0 Å². The molecule has 0 spiro atoms. The third kappa shape index (κ3) is 3.95. The van der Waals surface area contributed by atoms with Gasteiger partial charge < -0.3 is 20.1 Å². The molecular formula is C16H19ClN2O3S. The van der Waals surface area contributed by atoms with Crippen LogP contribution in [0.3, 0.4) is 0 Å². The number of thiocarbonyl (C=S) groups is 1. The second-order valence-electron chi connectivity index (χ2n) is 4.91. The summed E-state index contributed by atoms with van der Waals surface area (Å²) in [7, 11) is 0. The summed E-state index contributed by atoms with van der Waals surface area (Å²) in [5, 5.41) is 6.98. The van der Waals surface area contributed by atoms with Crippen LogP contribution in [0.1, 0.15) is 32.4 Å². The molecule has 2 rings (SSSR count). The van der Waals surface area contributed by atoms with E-state index in [9.17, 15) is 4.79 Å². The third-order valence-corrected chi connectivity index (χ3v) is 3.87. The quantitative estimate of drug-likeness (QED) is 0.626. The Hall–Kier alpha value is -1.79. The Morgan fingerprint density at radius 2 is 2.09 bits per heavy atom. The van der Waals surface area contributed by atoms with E-state index in [-0.39, 0.29) is 5.97 Å². The number of hydrogen-bond acceptors (Lipinski definition) is 4. The van der Waals surface area contributed by atoms with Gasteiger partial charge in [-0.3, -0.25) is 0 Å². The summed E-state index contributed by atoms with van der Waals surface area (Å²) in [6.45, 7) is 6.29. The van der Waals surface area contributed by atoms with Crippen molar-refractivity contribution >= 4 is 34.9 Å². The number of benzene rings is 1. The van der Waals surface area contributed by atoms with Gasteiger partial charge >= 0.3 is 5.97 Å². The first-order chi connectivity index (χ1) is 11.0. The average Bonchev–Trinajstić information content (AvgIpc) is 2.48. The zero-order valence-electron chi connectivity index (χ0n) is 13.2.